The highest BCUT2D eigenvalue weighted by Crippen LogP contribution is 2.27. The monoisotopic (exact) mass is 345 g/mol. The van der Waals surface area contributed by atoms with Crippen LogP contribution in [0.15, 0.2) is 18.2 Å². The SMILES string of the molecule is CC.CCCC(=O)CCC(C(C)=O)N1C(=O)c2ccc(C)cc2C1=O. The predicted octanol–water partition coefficient (Wildman–Crippen LogP) is 3.72. The summed E-state index contributed by atoms with van der Waals surface area (Å²) in [5, 5.41) is 0. The van der Waals surface area contributed by atoms with Crippen LogP contribution in [0.4, 0.5) is 0 Å². The van der Waals surface area contributed by atoms with Gasteiger partial charge in [-0.25, -0.2) is 0 Å². The highest BCUT2D eigenvalue weighted by molar-refractivity contribution is 6.23. The maximum absolute atomic E-state index is 12.5. The highest BCUT2D eigenvalue weighted by atomic mass is 16.2. The molecule has 2 rings (SSSR count). The van der Waals surface area contributed by atoms with Gasteiger partial charge in [-0.3, -0.25) is 24.1 Å². The minimum Gasteiger partial charge on any atom is -0.300 e. The standard InChI is InChI=1S/C18H21NO4.C2H6/c1-4-5-13(21)7-9-16(12(3)20)19-17(22)14-8-6-11(2)10-15(14)18(19)23;1-2/h6,8,10,16H,4-5,7,9H2,1-3H3;1-2H3. The third-order valence-corrected chi connectivity index (χ3v) is 4.08. The lowest BCUT2D eigenvalue weighted by atomic mass is 10.0. The van der Waals surface area contributed by atoms with Crippen molar-refractivity contribution in [1.29, 1.82) is 0 Å². The normalized spacial score (nSPS) is 13.9. The molecule has 0 saturated heterocycles. The number of aryl methyl sites for hydroxylation is 1. The Kier molecular flexibility index (Phi) is 7.68. The molecule has 1 atom stereocenters. The first-order chi connectivity index (χ1) is 11.9. The molecule has 2 amide bonds. The first-order valence-corrected chi connectivity index (χ1v) is 8.87. The fraction of sp³-hybridized carbons (Fsp3) is 0.500. The van der Waals surface area contributed by atoms with Crippen LogP contribution in [0.1, 0.15) is 79.7 Å². The van der Waals surface area contributed by atoms with Gasteiger partial charge >= 0.3 is 0 Å². The van der Waals surface area contributed by atoms with E-state index in [1.807, 2.05) is 27.7 Å². The van der Waals surface area contributed by atoms with Gasteiger partial charge in [-0.1, -0.05) is 32.4 Å². The van der Waals surface area contributed by atoms with Gasteiger partial charge in [0.1, 0.15) is 5.78 Å². The zero-order chi connectivity index (χ0) is 19.1. The quantitative estimate of drug-likeness (QED) is 0.706. The Morgan fingerprint density at radius 1 is 1.04 bits per heavy atom. The lowest BCUT2D eigenvalue weighted by molar-refractivity contribution is -0.122. The Hall–Kier alpha value is -2.30. The summed E-state index contributed by atoms with van der Waals surface area (Å²) in [6, 6.07) is 4.17. The van der Waals surface area contributed by atoms with Crippen LogP contribution in [0.2, 0.25) is 0 Å². The van der Waals surface area contributed by atoms with E-state index in [2.05, 4.69) is 0 Å². The molecule has 0 N–H and O–H groups in total. The summed E-state index contributed by atoms with van der Waals surface area (Å²) in [4.78, 5) is 49.7. The van der Waals surface area contributed by atoms with Crippen molar-refractivity contribution in [2.24, 2.45) is 0 Å². The van der Waals surface area contributed by atoms with Crippen LogP contribution in [0, 0.1) is 6.92 Å². The van der Waals surface area contributed by atoms with Gasteiger partial charge < -0.3 is 0 Å². The van der Waals surface area contributed by atoms with Crippen LogP contribution < -0.4 is 0 Å². The molecule has 136 valence electrons. The van der Waals surface area contributed by atoms with E-state index in [9.17, 15) is 19.2 Å². The minimum absolute atomic E-state index is 0.0474. The van der Waals surface area contributed by atoms with Crippen molar-refractivity contribution < 1.29 is 19.2 Å². The van der Waals surface area contributed by atoms with Crippen LogP contribution in [0.25, 0.3) is 0 Å². The van der Waals surface area contributed by atoms with Crippen molar-refractivity contribution in [2.75, 3.05) is 0 Å². The molecule has 1 heterocycles. The van der Waals surface area contributed by atoms with Crippen LogP contribution in [0.3, 0.4) is 0 Å². The molecule has 5 nitrogen and oxygen atoms in total. The molecule has 0 spiro atoms. The Morgan fingerprint density at radius 3 is 2.20 bits per heavy atom. The number of Topliss-reactive ketones (excluding diaryl/α,β-unsaturated/α-hetero) is 2. The second kappa shape index (κ2) is 9.25. The second-order valence-corrected chi connectivity index (χ2v) is 5.98. The van der Waals surface area contributed by atoms with Gasteiger partial charge in [0.05, 0.1) is 17.2 Å². The summed E-state index contributed by atoms with van der Waals surface area (Å²) in [6.07, 6.45) is 1.59. The summed E-state index contributed by atoms with van der Waals surface area (Å²) < 4.78 is 0. The molecule has 25 heavy (non-hydrogen) atoms. The molecule has 0 radical (unpaired) electrons. The van der Waals surface area contributed by atoms with Crippen LogP contribution in [-0.2, 0) is 9.59 Å². The smallest absolute Gasteiger partial charge is 0.262 e. The number of nitrogens with zero attached hydrogens (tertiary/aromatic N) is 1. The molecule has 0 bridgehead atoms. The molecular weight excluding hydrogens is 318 g/mol. The molecule has 1 aliphatic heterocycles. The van der Waals surface area contributed by atoms with Gasteiger partial charge in [-0.05, 0) is 38.8 Å². The predicted molar refractivity (Wildman–Crippen MR) is 96.6 cm³/mol. The van der Waals surface area contributed by atoms with Crippen LogP contribution in [-0.4, -0.2) is 34.3 Å². The van der Waals surface area contributed by atoms with Gasteiger partial charge in [0.2, 0.25) is 0 Å². The van der Waals surface area contributed by atoms with Crippen molar-refractivity contribution in [1.82, 2.24) is 4.90 Å². The summed E-state index contributed by atoms with van der Waals surface area (Å²) in [5.74, 6) is -1.13. The zero-order valence-electron chi connectivity index (χ0n) is 15.7. The Balaban J connectivity index is 0.00000151. The molecule has 0 saturated carbocycles. The third-order valence-electron chi connectivity index (χ3n) is 4.08. The van der Waals surface area contributed by atoms with E-state index in [1.54, 1.807) is 18.2 Å². The van der Waals surface area contributed by atoms with Gasteiger partial charge in [-0.15, -0.1) is 0 Å². The van der Waals surface area contributed by atoms with Crippen molar-refractivity contribution in [3.05, 3.63) is 34.9 Å². The summed E-state index contributed by atoms with van der Waals surface area (Å²) in [6.45, 7) is 9.10. The number of hydrogen-bond acceptors (Lipinski definition) is 4. The van der Waals surface area contributed by atoms with Crippen LogP contribution >= 0.6 is 0 Å². The molecule has 1 aromatic carbocycles. The van der Waals surface area contributed by atoms with Gasteiger partial charge in [-0.2, -0.15) is 0 Å². The van der Waals surface area contributed by atoms with Crippen molar-refractivity contribution in [3.8, 4) is 0 Å². The molecule has 5 heteroatoms. The maximum Gasteiger partial charge on any atom is 0.262 e. The number of ketones is 2. The van der Waals surface area contributed by atoms with Gasteiger partial charge in [0.25, 0.3) is 11.8 Å². The Bertz CT molecular complexity index is 678. The number of imide groups is 1. The number of carbonyl (C=O) groups excluding carboxylic acids is 4. The molecule has 0 aliphatic carbocycles. The highest BCUT2D eigenvalue weighted by Gasteiger charge is 2.41. The van der Waals surface area contributed by atoms with Crippen molar-refractivity contribution in [2.45, 2.75) is 66.3 Å². The molecule has 1 aliphatic rings. The minimum atomic E-state index is -0.872. The van der Waals surface area contributed by atoms with E-state index in [0.717, 1.165) is 16.9 Å². The fourth-order valence-corrected chi connectivity index (χ4v) is 2.87. The molecule has 0 fully saturated rings. The van der Waals surface area contributed by atoms with E-state index < -0.39 is 17.9 Å². The van der Waals surface area contributed by atoms with Crippen molar-refractivity contribution >= 4 is 23.4 Å². The number of amides is 2. The zero-order valence-corrected chi connectivity index (χ0v) is 15.7. The summed E-state index contributed by atoms with van der Waals surface area (Å²) in [7, 11) is 0. The van der Waals surface area contributed by atoms with Gasteiger partial charge in [0.15, 0.2) is 5.78 Å². The number of hydrogen-bond donors (Lipinski definition) is 0. The summed E-state index contributed by atoms with van der Waals surface area (Å²) in [5.41, 5.74) is 1.54. The average molecular weight is 345 g/mol. The second-order valence-electron chi connectivity index (χ2n) is 5.98. The number of carbonyl (C=O) groups is 4. The van der Waals surface area contributed by atoms with Crippen LogP contribution in [0.5, 0.6) is 0 Å². The third kappa shape index (κ3) is 4.62. The molecular formula is C20H27NO4. The molecule has 1 unspecified atom stereocenters. The Labute approximate surface area is 149 Å². The average Bonchev–Trinajstić information content (AvgIpc) is 2.81. The summed E-state index contributed by atoms with van der Waals surface area (Å²) >= 11 is 0. The van der Waals surface area contributed by atoms with E-state index in [1.165, 1.54) is 6.92 Å². The first-order valence-electron chi connectivity index (χ1n) is 8.87. The lowest BCUT2D eigenvalue weighted by Crippen LogP contribution is -2.44. The number of benzene rings is 1. The number of fused-ring (bicyclic) bond motifs is 1. The largest absolute Gasteiger partial charge is 0.300 e. The fourth-order valence-electron chi connectivity index (χ4n) is 2.87. The van der Waals surface area contributed by atoms with Gasteiger partial charge in [0, 0.05) is 12.8 Å². The lowest BCUT2D eigenvalue weighted by Gasteiger charge is -2.23. The van der Waals surface area contributed by atoms with E-state index >= 15 is 0 Å². The maximum atomic E-state index is 12.5. The molecule has 1 aromatic rings. The van der Waals surface area contributed by atoms with E-state index in [0.29, 0.717) is 17.5 Å². The van der Waals surface area contributed by atoms with E-state index in [-0.39, 0.29) is 24.4 Å². The molecule has 0 aromatic heterocycles. The number of rotatable bonds is 7. The topological polar surface area (TPSA) is 71.5 Å². The van der Waals surface area contributed by atoms with E-state index in [4.69, 9.17) is 0 Å². The first kappa shape index (κ1) is 20.7. The Morgan fingerprint density at radius 2 is 1.64 bits per heavy atom. The van der Waals surface area contributed by atoms with Crippen molar-refractivity contribution in [3.63, 3.8) is 0 Å².